The Kier molecular flexibility index (Phi) is 2.09. The molecule has 2 unspecified atom stereocenters. The molecule has 2 saturated carbocycles. The van der Waals surface area contributed by atoms with Crippen LogP contribution in [0.4, 0.5) is 0 Å². The van der Waals surface area contributed by atoms with Gasteiger partial charge in [-0.2, -0.15) is 0 Å². The molecule has 1 aliphatic heterocycles. The Morgan fingerprint density at radius 3 is 2.94 bits per heavy atom. The Bertz CT molecular complexity index is 442. The average molecular weight is 231 g/mol. The van der Waals surface area contributed by atoms with Crippen LogP contribution in [0.25, 0.3) is 0 Å². The third kappa shape index (κ3) is 1.89. The second-order valence-electron chi connectivity index (χ2n) is 5.40. The van der Waals surface area contributed by atoms with Crippen molar-refractivity contribution in [2.75, 3.05) is 13.3 Å². The minimum Gasteiger partial charge on any atom is -0.454 e. The van der Waals surface area contributed by atoms with Gasteiger partial charge < -0.3 is 14.8 Å². The van der Waals surface area contributed by atoms with Crippen molar-refractivity contribution in [2.45, 2.75) is 31.2 Å². The SMILES string of the molecule is c1cc2c(cc1C1CC1CNC1CC1)OCO2. The minimum absolute atomic E-state index is 0.371. The Hall–Kier alpha value is -1.22. The van der Waals surface area contributed by atoms with Crippen LogP contribution in [0.5, 0.6) is 11.5 Å². The lowest BCUT2D eigenvalue weighted by Gasteiger charge is -2.03. The van der Waals surface area contributed by atoms with Gasteiger partial charge in [0.2, 0.25) is 6.79 Å². The van der Waals surface area contributed by atoms with Crippen molar-refractivity contribution in [3.05, 3.63) is 23.8 Å². The van der Waals surface area contributed by atoms with Gasteiger partial charge in [-0.25, -0.2) is 0 Å². The zero-order valence-corrected chi connectivity index (χ0v) is 9.82. The first-order valence-electron chi connectivity index (χ1n) is 6.53. The molecule has 0 saturated heterocycles. The monoisotopic (exact) mass is 231 g/mol. The highest BCUT2D eigenvalue weighted by molar-refractivity contribution is 5.46. The van der Waals surface area contributed by atoms with Crippen LogP contribution in [0.2, 0.25) is 0 Å². The molecule has 2 aliphatic carbocycles. The van der Waals surface area contributed by atoms with Gasteiger partial charge in [-0.05, 0) is 55.3 Å². The van der Waals surface area contributed by atoms with Crippen molar-refractivity contribution >= 4 is 0 Å². The molecule has 0 aromatic heterocycles. The van der Waals surface area contributed by atoms with Gasteiger partial charge in [0.1, 0.15) is 0 Å². The smallest absolute Gasteiger partial charge is 0.231 e. The molecule has 3 heteroatoms. The molecule has 0 spiro atoms. The highest BCUT2D eigenvalue weighted by Gasteiger charge is 2.39. The summed E-state index contributed by atoms with van der Waals surface area (Å²) < 4.78 is 10.8. The predicted molar refractivity (Wildman–Crippen MR) is 64.4 cm³/mol. The normalized spacial score (nSPS) is 29.4. The summed E-state index contributed by atoms with van der Waals surface area (Å²) >= 11 is 0. The number of ether oxygens (including phenoxy) is 2. The summed E-state index contributed by atoms with van der Waals surface area (Å²) in [5, 5.41) is 3.61. The van der Waals surface area contributed by atoms with Crippen molar-refractivity contribution in [1.82, 2.24) is 5.32 Å². The van der Waals surface area contributed by atoms with Gasteiger partial charge in [-0.1, -0.05) is 6.07 Å². The van der Waals surface area contributed by atoms with Gasteiger partial charge in [-0.15, -0.1) is 0 Å². The van der Waals surface area contributed by atoms with E-state index in [4.69, 9.17) is 9.47 Å². The highest BCUT2D eigenvalue weighted by atomic mass is 16.7. The second-order valence-corrected chi connectivity index (χ2v) is 5.40. The van der Waals surface area contributed by atoms with Gasteiger partial charge >= 0.3 is 0 Å². The summed E-state index contributed by atoms with van der Waals surface area (Å²) in [5.41, 5.74) is 1.41. The molecule has 4 rings (SSSR count). The van der Waals surface area contributed by atoms with Gasteiger partial charge in [0.05, 0.1) is 0 Å². The zero-order chi connectivity index (χ0) is 11.2. The maximum absolute atomic E-state index is 5.42. The van der Waals surface area contributed by atoms with E-state index in [0.717, 1.165) is 29.4 Å². The fraction of sp³-hybridized carbons (Fsp3) is 0.571. The topological polar surface area (TPSA) is 30.5 Å². The van der Waals surface area contributed by atoms with Gasteiger partial charge in [-0.3, -0.25) is 0 Å². The maximum atomic E-state index is 5.42. The molecule has 1 N–H and O–H groups in total. The Balaban J connectivity index is 1.42. The highest BCUT2D eigenvalue weighted by Crippen LogP contribution is 2.49. The quantitative estimate of drug-likeness (QED) is 0.862. The molecule has 3 nitrogen and oxygen atoms in total. The third-order valence-electron chi connectivity index (χ3n) is 3.99. The Morgan fingerprint density at radius 1 is 1.18 bits per heavy atom. The summed E-state index contributed by atoms with van der Waals surface area (Å²) in [5.74, 6) is 3.37. The van der Waals surface area contributed by atoms with Crippen molar-refractivity contribution in [3.8, 4) is 11.5 Å². The zero-order valence-electron chi connectivity index (χ0n) is 9.82. The molecule has 0 radical (unpaired) electrons. The van der Waals surface area contributed by atoms with E-state index in [9.17, 15) is 0 Å². The summed E-state index contributed by atoms with van der Waals surface area (Å²) in [7, 11) is 0. The third-order valence-corrected chi connectivity index (χ3v) is 3.99. The van der Waals surface area contributed by atoms with E-state index in [0.29, 0.717) is 6.79 Å². The summed E-state index contributed by atoms with van der Waals surface area (Å²) in [6.07, 6.45) is 4.07. The summed E-state index contributed by atoms with van der Waals surface area (Å²) in [6, 6.07) is 7.22. The van der Waals surface area contributed by atoms with E-state index in [1.54, 1.807) is 0 Å². The van der Waals surface area contributed by atoms with Crippen molar-refractivity contribution in [1.29, 1.82) is 0 Å². The van der Waals surface area contributed by atoms with Gasteiger partial charge in [0.25, 0.3) is 0 Å². The number of fused-ring (bicyclic) bond motifs is 1. The molecule has 1 heterocycles. The predicted octanol–water partition coefficient (Wildman–Crippen LogP) is 2.27. The maximum Gasteiger partial charge on any atom is 0.231 e. The summed E-state index contributed by atoms with van der Waals surface area (Å²) in [6.45, 7) is 1.56. The lowest BCUT2D eigenvalue weighted by molar-refractivity contribution is 0.174. The first-order valence-corrected chi connectivity index (χ1v) is 6.53. The Labute approximate surface area is 101 Å². The van der Waals surface area contributed by atoms with Crippen LogP contribution < -0.4 is 14.8 Å². The standard InChI is InChI=1S/C14H17NO2/c1-4-13-14(17-8-16-13)6-9(1)12-5-10(12)7-15-11-2-3-11/h1,4,6,10-12,15H,2-3,5,7-8H2. The average Bonchev–Trinajstić information content (AvgIpc) is 3.24. The van der Waals surface area contributed by atoms with Crippen LogP contribution in [0, 0.1) is 5.92 Å². The van der Waals surface area contributed by atoms with Crippen LogP contribution in [0.1, 0.15) is 30.7 Å². The van der Waals surface area contributed by atoms with Crippen molar-refractivity contribution < 1.29 is 9.47 Å². The molecular formula is C14H17NO2. The number of hydrogen-bond acceptors (Lipinski definition) is 3. The second kappa shape index (κ2) is 3.64. The fourth-order valence-corrected chi connectivity index (χ4v) is 2.63. The largest absolute Gasteiger partial charge is 0.454 e. The summed E-state index contributed by atoms with van der Waals surface area (Å²) in [4.78, 5) is 0. The molecule has 1 aromatic rings. The molecule has 17 heavy (non-hydrogen) atoms. The molecule has 3 aliphatic rings. The van der Waals surface area contributed by atoms with Crippen LogP contribution in [0.3, 0.4) is 0 Å². The first kappa shape index (κ1) is 9.77. The lowest BCUT2D eigenvalue weighted by atomic mass is 10.1. The molecule has 2 fully saturated rings. The number of nitrogens with one attached hydrogen (secondary N) is 1. The molecule has 1 aromatic carbocycles. The molecule has 0 bridgehead atoms. The molecular weight excluding hydrogens is 214 g/mol. The van der Waals surface area contributed by atoms with Gasteiger partial charge in [0.15, 0.2) is 11.5 Å². The van der Waals surface area contributed by atoms with Crippen LogP contribution >= 0.6 is 0 Å². The van der Waals surface area contributed by atoms with E-state index in [-0.39, 0.29) is 0 Å². The lowest BCUT2D eigenvalue weighted by Crippen LogP contribution is -2.19. The minimum atomic E-state index is 0.371. The van der Waals surface area contributed by atoms with E-state index >= 15 is 0 Å². The van der Waals surface area contributed by atoms with Crippen molar-refractivity contribution in [2.24, 2.45) is 5.92 Å². The number of rotatable bonds is 4. The van der Waals surface area contributed by atoms with Crippen LogP contribution in [-0.4, -0.2) is 19.4 Å². The van der Waals surface area contributed by atoms with Crippen LogP contribution in [0.15, 0.2) is 18.2 Å². The number of hydrogen-bond donors (Lipinski definition) is 1. The molecule has 0 amide bonds. The van der Waals surface area contributed by atoms with E-state index < -0.39 is 0 Å². The van der Waals surface area contributed by atoms with Crippen molar-refractivity contribution in [3.63, 3.8) is 0 Å². The van der Waals surface area contributed by atoms with E-state index in [1.165, 1.54) is 31.4 Å². The van der Waals surface area contributed by atoms with Crippen LogP contribution in [-0.2, 0) is 0 Å². The molecule has 2 atom stereocenters. The number of benzene rings is 1. The first-order chi connectivity index (χ1) is 8.40. The Morgan fingerprint density at radius 2 is 2.06 bits per heavy atom. The fourth-order valence-electron chi connectivity index (χ4n) is 2.63. The van der Waals surface area contributed by atoms with E-state index in [1.807, 2.05) is 6.07 Å². The van der Waals surface area contributed by atoms with Gasteiger partial charge in [0, 0.05) is 6.04 Å². The van der Waals surface area contributed by atoms with E-state index in [2.05, 4.69) is 17.4 Å². The molecule has 90 valence electrons.